The summed E-state index contributed by atoms with van der Waals surface area (Å²) in [6.45, 7) is 1.32. The zero-order chi connectivity index (χ0) is 7.56. The van der Waals surface area contributed by atoms with Crippen molar-refractivity contribution in [3.8, 4) is 0 Å². The molecule has 58 valence electrons. The SMILES string of the molecule is CC(=O)OC1CCCC1=O.[NaH]. The first-order valence-corrected chi connectivity index (χ1v) is 3.40. The average molecular weight is 166 g/mol. The molecule has 0 bridgehead atoms. The summed E-state index contributed by atoms with van der Waals surface area (Å²) < 4.78 is 4.73. The Morgan fingerprint density at radius 1 is 1.64 bits per heavy atom. The summed E-state index contributed by atoms with van der Waals surface area (Å²) in [5.41, 5.74) is 0. The first-order valence-electron chi connectivity index (χ1n) is 3.40. The van der Waals surface area contributed by atoms with Crippen molar-refractivity contribution in [2.24, 2.45) is 0 Å². The van der Waals surface area contributed by atoms with E-state index in [0.717, 1.165) is 6.42 Å². The van der Waals surface area contributed by atoms with E-state index in [-0.39, 0.29) is 41.3 Å². The van der Waals surface area contributed by atoms with Crippen LogP contribution in [0, 0.1) is 0 Å². The fourth-order valence-electron chi connectivity index (χ4n) is 1.11. The topological polar surface area (TPSA) is 43.4 Å². The summed E-state index contributed by atoms with van der Waals surface area (Å²) in [4.78, 5) is 21.2. The van der Waals surface area contributed by atoms with Gasteiger partial charge in [-0.3, -0.25) is 9.59 Å². The molecule has 0 saturated heterocycles. The van der Waals surface area contributed by atoms with Crippen molar-refractivity contribution in [3.63, 3.8) is 0 Å². The normalized spacial score (nSPS) is 22.6. The summed E-state index contributed by atoms with van der Waals surface area (Å²) in [5.74, 6) is -0.296. The fourth-order valence-corrected chi connectivity index (χ4v) is 1.11. The van der Waals surface area contributed by atoms with Crippen LogP contribution in [0.25, 0.3) is 0 Å². The van der Waals surface area contributed by atoms with E-state index in [9.17, 15) is 9.59 Å². The van der Waals surface area contributed by atoms with Gasteiger partial charge in [-0.15, -0.1) is 0 Å². The average Bonchev–Trinajstić information content (AvgIpc) is 2.15. The van der Waals surface area contributed by atoms with Crippen molar-refractivity contribution in [1.82, 2.24) is 0 Å². The second kappa shape index (κ2) is 4.91. The molecule has 0 aromatic rings. The van der Waals surface area contributed by atoms with Gasteiger partial charge in [0, 0.05) is 13.3 Å². The third-order valence-corrected chi connectivity index (χ3v) is 1.56. The van der Waals surface area contributed by atoms with Gasteiger partial charge in [0.2, 0.25) is 0 Å². The Kier molecular flexibility index (Phi) is 4.97. The van der Waals surface area contributed by atoms with Crippen molar-refractivity contribution >= 4 is 41.3 Å². The van der Waals surface area contributed by atoms with E-state index in [1.807, 2.05) is 0 Å². The first kappa shape index (κ1) is 11.1. The van der Waals surface area contributed by atoms with Crippen LogP contribution < -0.4 is 0 Å². The van der Waals surface area contributed by atoms with Crippen molar-refractivity contribution in [2.45, 2.75) is 32.3 Å². The Morgan fingerprint density at radius 2 is 2.27 bits per heavy atom. The van der Waals surface area contributed by atoms with Gasteiger partial charge in [-0.2, -0.15) is 0 Å². The summed E-state index contributed by atoms with van der Waals surface area (Å²) >= 11 is 0. The molecular weight excluding hydrogens is 155 g/mol. The molecule has 1 atom stereocenters. The second-order valence-electron chi connectivity index (χ2n) is 2.46. The maximum atomic E-state index is 10.8. The Labute approximate surface area is 87.8 Å². The molecule has 3 nitrogen and oxygen atoms in total. The van der Waals surface area contributed by atoms with Gasteiger partial charge < -0.3 is 4.74 Å². The number of hydrogen-bond donors (Lipinski definition) is 0. The molecule has 1 rings (SSSR count). The Hall–Kier alpha value is 0.140. The van der Waals surface area contributed by atoms with Crippen LogP contribution in [0.4, 0.5) is 0 Å². The number of carbonyl (C=O) groups is 2. The van der Waals surface area contributed by atoms with Gasteiger partial charge in [0.1, 0.15) is 0 Å². The van der Waals surface area contributed by atoms with E-state index in [0.29, 0.717) is 12.8 Å². The molecule has 1 aliphatic rings. The second-order valence-corrected chi connectivity index (χ2v) is 2.46. The van der Waals surface area contributed by atoms with Gasteiger partial charge in [0.05, 0.1) is 0 Å². The molecule has 0 aromatic carbocycles. The van der Waals surface area contributed by atoms with Crippen LogP contribution >= 0.6 is 0 Å². The van der Waals surface area contributed by atoms with Gasteiger partial charge in [0.15, 0.2) is 11.9 Å². The molecule has 0 radical (unpaired) electrons. The van der Waals surface area contributed by atoms with E-state index >= 15 is 0 Å². The zero-order valence-corrected chi connectivity index (χ0v) is 5.92. The third-order valence-electron chi connectivity index (χ3n) is 1.56. The van der Waals surface area contributed by atoms with E-state index in [1.54, 1.807) is 0 Å². The van der Waals surface area contributed by atoms with Gasteiger partial charge in [-0.1, -0.05) is 0 Å². The molecule has 0 N–H and O–H groups in total. The zero-order valence-electron chi connectivity index (χ0n) is 5.92. The van der Waals surface area contributed by atoms with Crippen LogP contribution in [0.5, 0.6) is 0 Å². The number of Topliss-reactive ketones (excluding diaryl/α,β-unsaturated/α-hetero) is 1. The third kappa shape index (κ3) is 3.36. The summed E-state index contributed by atoms with van der Waals surface area (Å²) in [5, 5.41) is 0. The summed E-state index contributed by atoms with van der Waals surface area (Å²) in [7, 11) is 0. The van der Waals surface area contributed by atoms with Crippen molar-refractivity contribution < 1.29 is 14.3 Å². The van der Waals surface area contributed by atoms with Crippen molar-refractivity contribution in [1.29, 1.82) is 0 Å². The van der Waals surface area contributed by atoms with Gasteiger partial charge >= 0.3 is 35.5 Å². The monoisotopic (exact) mass is 166 g/mol. The maximum absolute atomic E-state index is 10.8. The number of carbonyl (C=O) groups excluding carboxylic acids is 2. The van der Waals surface area contributed by atoms with Crippen molar-refractivity contribution in [3.05, 3.63) is 0 Å². The molecule has 4 heteroatoms. The van der Waals surface area contributed by atoms with Crippen LogP contribution in [0.1, 0.15) is 26.2 Å². The molecule has 1 fully saturated rings. The van der Waals surface area contributed by atoms with E-state index in [4.69, 9.17) is 4.74 Å². The van der Waals surface area contributed by atoms with Crippen LogP contribution in [-0.4, -0.2) is 47.4 Å². The van der Waals surface area contributed by atoms with Crippen molar-refractivity contribution in [2.75, 3.05) is 0 Å². The number of esters is 1. The predicted octanol–water partition coefficient (Wildman–Crippen LogP) is 0.0226. The van der Waals surface area contributed by atoms with E-state index in [1.165, 1.54) is 6.92 Å². The molecule has 1 unspecified atom stereocenters. The minimum atomic E-state index is -0.433. The fraction of sp³-hybridized carbons (Fsp3) is 0.714. The molecule has 0 aromatic heterocycles. The van der Waals surface area contributed by atoms with E-state index < -0.39 is 6.10 Å². The first-order chi connectivity index (χ1) is 4.70. The van der Waals surface area contributed by atoms with E-state index in [2.05, 4.69) is 0 Å². The quantitative estimate of drug-likeness (QED) is 0.407. The number of hydrogen-bond acceptors (Lipinski definition) is 3. The Balaban J connectivity index is 0.000001000. The van der Waals surface area contributed by atoms with Crippen LogP contribution in [0.2, 0.25) is 0 Å². The van der Waals surface area contributed by atoms with Gasteiger partial charge in [-0.05, 0) is 12.8 Å². The minimum absolute atomic E-state index is 0. The summed E-state index contributed by atoms with van der Waals surface area (Å²) in [6.07, 6.45) is 1.70. The molecule has 1 aliphatic carbocycles. The van der Waals surface area contributed by atoms with Crippen LogP contribution in [-0.2, 0) is 14.3 Å². The molecule has 1 saturated carbocycles. The summed E-state index contributed by atoms with van der Waals surface area (Å²) in [6, 6.07) is 0. The number of ether oxygens (including phenoxy) is 1. The molecule has 11 heavy (non-hydrogen) atoms. The standard InChI is InChI=1S/C7H10O3.Na.H/c1-5(8)10-7-4-2-3-6(7)9;;/h7H,2-4H2,1H3;;. The van der Waals surface area contributed by atoms with Crippen LogP contribution in [0.3, 0.4) is 0 Å². The van der Waals surface area contributed by atoms with Gasteiger partial charge in [-0.25, -0.2) is 0 Å². The van der Waals surface area contributed by atoms with Crippen LogP contribution in [0.15, 0.2) is 0 Å². The Morgan fingerprint density at radius 3 is 2.64 bits per heavy atom. The molecule has 0 spiro atoms. The number of ketones is 1. The molecule has 0 heterocycles. The number of rotatable bonds is 1. The Bertz CT molecular complexity index is 167. The predicted molar refractivity (Wildman–Crippen MR) is 41.6 cm³/mol. The molecular formula is C7H11NaO3. The molecule has 0 amide bonds. The van der Waals surface area contributed by atoms with Gasteiger partial charge in [0.25, 0.3) is 0 Å². The molecule has 0 aliphatic heterocycles.